The van der Waals surface area contributed by atoms with Crippen molar-refractivity contribution in [3.05, 3.63) is 54.4 Å². The lowest BCUT2D eigenvalue weighted by molar-refractivity contribution is -0.129. The van der Waals surface area contributed by atoms with E-state index in [0.29, 0.717) is 13.1 Å². The Balaban J connectivity index is 1.26. The maximum Gasteiger partial charge on any atom is 0.242 e. The van der Waals surface area contributed by atoms with Crippen LogP contribution in [0, 0.1) is 6.92 Å². The maximum absolute atomic E-state index is 13.0. The Kier molecular flexibility index (Phi) is 6.06. The number of methoxy groups -OCH3 is 1. The van der Waals surface area contributed by atoms with Gasteiger partial charge in [-0.2, -0.15) is 10.1 Å². The number of amides is 1. The molecule has 4 heterocycles. The van der Waals surface area contributed by atoms with Gasteiger partial charge in [-0.15, -0.1) is 0 Å². The molecule has 0 bridgehead atoms. The third kappa shape index (κ3) is 4.28. The lowest BCUT2D eigenvalue weighted by atomic mass is 10.3. The molecular weight excluding hydrogens is 450 g/mol. The summed E-state index contributed by atoms with van der Waals surface area (Å²) < 4.78 is 8.12. The van der Waals surface area contributed by atoms with Crippen molar-refractivity contribution >= 4 is 38.5 Å². The summed E-state index contributed by atoms with van der Waals surface area (Å²) in [5.41, 5.74) is 2.63. The van der Waals surface area contributed by atoms with Crippen molar-refractivity contribution < 1.29 is 9.53 Å². The molecule has 5 rings (SSSR count). The van der Waals surface area contributed by atoms with Gasteiger partial charge < -0.3 is 19.4 Å². The first kappa shape index (κ1) is 22.1. The average Bonchev–Trinajstić information content (AvgIpc) is 3.45. The predicted molar refractivity (Wildman–Crippen MR) is 134 cm³/mol. The first-order chi connectivity index (χ1) is 16.5. The smallest absolute Gasteiger partial charge is 0.242 e. The number of anilines is 2. The second-order valence-electron chi connectivity index (χ2n) is 8.26. The van der Waals surface area contributed by atoms with E-state index in [1.54, 1.807) is 24.6 Å². The lowest BCUT2D eigenvalue weighted by Gasteiger charge is -2.36. The summed E-state index contributed by atoms with van der Waals surface area (Å²) >= 11 is 1.56. The van der Waals surface area contributed by atoms with Crippen molar-refractivity contribution in [2.75, 3.05) is 56.7 Å². The number of aromatic nitrogens is 4. The number of rotatable bonds is 6. The molecule has 0 N–H and O–H groups in total. The molecule has 4 aromatic rings. The van der Waals surface area contributed by atoms with Crippen LogP contribution in [0.5, 0.6) is 5.75 Å². The summed E-state index contributed by atoms with van der Waals surface area (Å²) in [5, 5.41) is 5.47. The Morgan fingerprint density at radius 1 is 1.12 bits per heavy atom. The molecule has 1 amide bonds. The normalized spacial score (nSPS) is 14.0. The highest BCUT2D eigenvalue weighted by Crippen LogP contribution is 2.32. The molecule has 3 aromatic heterocycles. The Morgan fingerprint density at radius 2 is 1.88 bits per heavy atom. The summed E-state index contributed by atoms with van der Waals surface area (Å²) in [4.78, 5) is 28.3. The Labute approximate surface area is 202 Å². The number of ether oxygens (including phenoxy) is 1. The average molecular weight is 478 g/mol. The van der Waals surface area contributed by atoms with E-state index in [9.17, 15) is 4.79 Å². The van der Waals surface area contributed by atoms with Crippen molar-refractivity contribution in [2.45, 2.75) is 6.92 Å². The molecule has 9 nitrogen and oxygen atoms in total. The van der Waals surface area contributed by atoms with Crippen molar-refractivity contribution in [2.24, 2.45) is 0 Å². The van der Waals surface area contributed by atoms with Gasteiger partial charge in [-0.25, -0.2) is 9.67 Å². The quantitative estimate of drug-likeness (QED) is 0.422. The van der Waals surface area contributed by atoms with Crippen LogP contribution < -0.4 is 14.5 Å². The summed E-state index contributed by atoms with van der Waals surface area (Å²) in [7, 11) is 3.57. The third-order valence-corrected chi connectivity index (χ3v) is 7.27. The molecule has 0 aliphatic carbocycles. The molecule has 1 aromatic carbocycles. The Morgan fingerprint density at radius 3 is 2.56 bits per heavy atom. The maximum atomic E-state index is 13.0. The van der Waals surface area contributed by atoms with Crippen molar-refractivity contribution in [1.82, 2.24) is 24.6 Å². The van der Waals surface area contributed by atoms with Gasteiger partial charge in [0, 0.05) is 39.4 Å². The topological polar surface area (TPSA) is 79.6 Å². The molecule has 1 saturated heterocycles. The molecule has 0 atom stereocenters. The van der Waals surface area contributed by atoms with Crippen LogP contribution in [0.15, 0.2) is 48.7 Å². The highest BCUT2D eigenvalue weighted by molar-refractivity contribution is 7.22. The highest BCUT2D eigenvalue weighted by Gasteiger charge is 2.24. The van der Waals surface area contributed by atoms with E-state index < -0.39 is 0 Å². The number of hydrogen-bond acceptors (Lipinski definition) is 8. The Bertz CT molecular complexity index is 1280. The van der Waals surface area contributed by atoms with Gasteiger partial charge in [0.2, 0.25) is 5.91 Å². The summed E-state index contributed by atoms with van der Waals surface area (Å²) in [6.07, 6.45) is 1.80. The predicted octanol–water partition coefficient (Wildman–Crippen LogP) is 2.98. The SMILES string of the molecule is COc1ccc(-n2nc(C)c3sc(N(C)CC(=O)N4CCN(c5ccccn5)CC4)nc32)cc1. The van der Waals surface area contributed by atoms with Crippen LogP contribution >= 0.6 is 11.3 Å². The minimum atomic E-state index is 0.107. The second-order valence-corrected chi connectivity index (χ2v) is 9.23. The molecule has 0 radical (unpaired) electrons. The molecule has 10 heteroatoms. The van der Waals surface area contributed by atoms with Gasteiger partial charge in [0.15, 0.2) is 10.8 Å². The van der Waals surface area contributed by atoms with Gasteiger partial charge >= 0.3 is 0 Å². The molecular formula is C24H27N7O2S. The third-order valence-electron chi connectivity index (χ3n) is 6.00. The van der Waals surface area contributed by atoms with Crippen molar-refractivity contribution in [3.63, 3.8) is 0 Å². The van der Waals surface area contributed by atoms with Crippen LogP contribution in [-0.2, 0) is 4.79 Å². The second kappa shape index (κ2) is 9.30. The lowest BCUT2D eigenvalue weighted by Crippen LogP contribution is -2.51. The van der Waals surface area contributed by atoms with Crippen LogP contribution in [-0.4, -0.2) is 77.4 Å². The fourth-order valence-electron chi connectivity index (χ4n) is 4.09. The van der Waals surface area contributed by atoms with E-state index in [2.05, 4.69) is 15.0 Å². The summed E-state index contributed by atoms with van der Waals surface area (Å²) in [6.45, 7) is 5.21. The van der Waals surface area contributed by atoms with Gasteiger partial charge in [-0.3, -0.25) is 4.79 Å². The number of hydrogen-bond donors (Lipinski definition) is 0. The number of likely N-dealkylation sites (N-methyl/N-ethyl adjacent to an activating group) is 1. The van der Waals surface area contributed by atoms with Crippen LogP contribution in [0.25, 0.3) is 16.0 Å². The van der Waals surface area contributed by atoms with Gasteiger partial charge in [-0.1, -0.05) is 17.4 Å². The van der Waals surface area contributed by atoms with Crippen molar-refractivity contribution in [3.8, 4) is 11.4 Å². The fraction of sp³-hybridized carbons (Fsp3) is 0.333. The zero-order valence-electron chi connectivity index (χ0n) is 19.5. The largest absolute Gasteiger partial charge is 0.497 e. The number of aryl methyl sites for hydroxylation is 1. The van der Waals surface area contributed by atoms with E-state index in [1.807, 2.05) is 70.9 Å². The van der Waals surface area contributed by atoms with E-state index in [0.717, 1.165) is 51.5 Å². The summed E-state index contributed by atoms with van der Waals surface area (Å²) in [6, 6.07) is 13.6. The first-order valence-corrected chi connectivity index (χ1v) is 12.0. The number of carbonyl (C=O) groups is 1. The monoisotopic (exact) mass is 477 g/mol. The van der Waals surface area contributed by atoms with Gasteiger partial charge in [0.25, 0.3) is 0 Å². The number of nitrogens with zero attached hydrogens (tertiary/aromatic N) is 7. The molecule has 0 spiro atoms. The molecule has 0 saturated carbocycles. The number of thiazole rings is 1. The van der Waals surface area contributed by atoms with Gasteiger partial charge in [0.05, 0.1) is 29.7 Å². The minimum absolute atomic E-state index is 0.107. The van der Waals surface area contributed by atoms with E-state index in [1.165, 1.54) is 0 Å². The van der Waals surface area contributed by atoms with Crippen molar-refractivity contribution in [1.29, 1.82) is 0 Å². The van der Waals surface area contributed by atoms with Crippen LogP contribution in [0.1, 0.15) is 5.69 Å². The van der Waals surface area contributed by atoms with E-state index >= 15 is 0 Å². The number of piperazine rings is 1. The van der Waals surface area contributed by atoms with E-state index in [-0.39, 0.29) is 12.5 Å². The molecule has 1 fully saturated rings. The zero-order chi connectivity index (χ0) is 23.7. The number of pyridine rings is 1. The fourth-order valence-corrected chi connectivity index (χ4v) is 5.03. The summed E-state index contributed by atoms with van der Waals surface area (Å²) in [5.74, 6) is 1.86. The Hall–Kier alpha value is -3.66. The molecule has 1 aliphatic heterocycles. The molecule has 176 valence electrons. The number of fused-ring (bicyclic) bond motifs is 1. The van der Waals surface area contributed by atoms with Crippen LogP contribution in [0.2, 0.25) is 0 Å². The highest BCUT2D eigenvalue weighted by atomic mass is 32.1. The number of benzene rings is 1. The van der Waals surface area contributed by atoms with E-state index in [4.69, 9.17) is 9.72 Å². The molecule has 34 heavy (non-hydrogen) atoms. The zero-order valence-corrected chi connectivity index (χ0v) is 20.3. The standard InChI is InChI=1S/C24H27N7O2S/c1-17-22-23(31(27-17)18-7-9-19(33-3)10-8-18)26-24(34-22)28(2)16-21(32)30-14-12-29(13-15-30)20-6-4-5-11-25-20/h4-11H,12-16H2,1-3H3. The molecule has 0 unspecified atom stereocenters. The van der Waals surface area contributed by atoms with Gasteiger partial charge in [-0.05, 0) is 43.3 Å². The number of carbonyl (C=O) groups excluding carboxylic acids is 1. The van der Waals surface area contributed by atoms with Crippen LogP contribution in [0.4, 0.5) is 10.9 Å². The van der Waals surface area contributed by atoms with Crippen LogP contribution in [0.3, 0.4) is 0 Å². The minimum Gasteiger partial charge on any atom is -0.497 e. The molecule has 1 aliphatic rings. The first-order valence-electron chi connectivity index (χ1n) is 11.2. The van der Waals surface area contributed by atoms with Gasteiger partial charge in [0.1, 0.15) is 11.6 Å².